The number of hydrogen-bond acceptors (Lipinski definition) is 3. The first kappa shape index (κ1) is 15.9. The van der Waals surface area contributed by atoms with Crippen LogP contribution in [0.15, 0.2) is 0 Å². The summed E-state index contributed by atoms with van der Waals surface area (Å²) < 4.78 is 24.6. The Labute approximate surface area is 139 Å². The molecule has 130 valence electrons. The third-order valence-corrected chi connectivity index (χ3v) is 8.35. The third kappa shape index (κ3) is 2.82. The highest BCUT2D eigenvalue weighted by Crippen LogP contribution is 2.58. The molecule has 1 amide bonds. The fourth-order valence-electron chi connectivity index (χ4n) is 5.98. The molecular formula is C17H28N2O3S. The van der Waals surface area contributed by atoms with Crippen molar-refractivity contribution in [2.75, 3.05) is 19.3 Å². The van der Waals surface area contributed by atoms with Crippen LogP contribution < -0.4 is 5.32 Å². The van der Waals surface area contributed by atoms with Gasteiger partial charge in [-0.25, -0.2) is 12.7 Å². The van der Waals surface area contributed by atoms with E-state index in [-0.39, 0.29) is 11.8 Å². The van der Waals surface area contributed by atoms with Gasteiger partial charge in [-0.2, -0.15) is 0 Å². The van der Waals surface area contributed by atoms with Gasteiger partial charge in [0.05, 0.1) is 6.26 Å². The molecule has 0 aromatic heterocycles. The predicted octanol–water partition coefficient (Wildman–Crippen LogP) is 1.60. The lowest BCUT2D eigenvalue weighted by atomic mass is 9.79. The van der Waals surface area contributed by atoms with Gasteiger partial charge in [-0.3, -0.25) is 4.79 Å². The second kappa shape index (κ2) is 5.73. The summed E-state index contributed by atoms with van der Waals surface area (Å²) in [6.07, 6.45) is 9.24. The molecule has 1 saturated heterocycles. The third-order valence-electron chi connectivity index (χ3n) is 7.05. The van der Waals surface area contributed by atoms with Crippen molar-refractivity contribution in [3.05, 3.63) is 0 Å². The van der Waals surface area contributed by atoms with Gasteiger partial charge in [0.15, 0.2) is 0 Å². The van der Waals surface area contributed by atoms with E-state index in [2.05, 4.69) is 5.32 Å². The zero-order valence-electron chi connectivity index (χ0n) is 13.9. The van der Waals surface area contributed by atoms with E-state index in [1.165, 1.54) is 42.7 Å². The standard InChI is InChI=1S/C17H28N2O3S/c1-23(21,22)19-7-5-11(6-8-19)17(20)18-16-10-12-9-15(16)14-4-2-3-13(12)14/h11-16H,2-10H2,1H3,(H,18,20)/t12-,13-,14+,15+,16-/m1/s1. The molecule has 0 spiro atoms. The maximum absolute atomic E-state index is 12.6. The van der Waals surface area contributed by atoms with Crippen LogP contribution in [0, 0.1) is 29.6 Å². The normalized spacial score (nSPS) is 41.2. The van der Waals surface area contributed by atoms with Crippen LogP contribution in [0.2, 0.25) is 0 Å². The predicted molar refractivity (Wildman–Crippen MR) is 88.1 cm³/mol. The Morgan fingerprint density at radius 2 is 1.70 bits per heavy atom. The average molecular weight is 340 g/mol. The van der Waals surface area contributed by atoms with Crippen molar-refractivity contribution in [2.24, 2.45) is 29.6 Å². The molecule has 3 aliphatic carbocycles. The summed E-state index contributed by atoms with van der Waals surface area (Å²) >= 11 is 0. The maximum Gasteiger partial charge on any atom is 0.223 e. The van der Waals surface area contributed by atoms with Crippen LogP contribution in [0.5, 0.6) is 0 Å². The average Bonchev–Trinajstić information content (AvgIpc) is 3.18. The van der Waals surface area contributed by atoms with Gasteiger partial charge in [0, 0.05) is 25.0 Å². The molecule has 0 unspecified atom stereocenters. The number of carbonyl (C=O) groups excluding carboxylic acids is 1. The van der Waals surface area contributed by atoms with Gasteiger partial charge in [0.25, 0.3) is 0 Å². The zero-order chi connectivity index (χ0) is 16.2. The lowest BCUT2D eigenvalue weighted by Crippen LogP contribution is -2.47. The van der Waals surface area contributed by atoms with Crippen molar-refractivity contribution in [3.8, 4) is 0 Å². The first-order chi connectivity index (χ1) is 10.9. The minimum Gasteiger partial charge on any atom is -0.353 e. The van der Waals surface area contributed by atoms with E-state index in [9.17, 15) is 13.2 Å². The van der Waals surface area contributed by atoms with Crippen LogP contribution in [0.1, 0.15) is 44.9 Å². The minimum absolute atomic E-state index is 0.00787. The molecule has 0 radical (unpaired) electrons. The van der Waals surface area contributed by atoms with Gasteiger partial charge in [-0.05, 0) is 62.2 Å². The van der Waals surface area contributed by atoms with Crippen LogP contribution in [0.25, 0.3) is 0 Å². The van der Waals surface area contributed by atoms with Crippen molar-refractivity contribution in [1.29, 1.82) is 0 Å². The summed E-state index contributed by atoms with van der Waals surface area (Å²) in [5.41, 5.74) is 0. The number of nitrogens with zero attached hydrogens (tertiary/aromatic N) is 1. The summed E-state index contributed by atoms with van der Waals surface area (Å²) in [7, 11) is -3.11. The number of sulfonamides is 1. The molecule has 5 nitrogen and oxygen atoms in total. The Balaban J connectivity index is 1.32. The van der Waals surface area contributed by atoms with Crippen LogP contribution in [0.4, 0.5) is 0 Å². The SMILES string of the molecule is CS(=O)(=O)N1CCC(C(=O)N[C@@H]2C[C@H]3C[C@H]2[C@H]2CCC[C@H]32)CC1. The molecule has 2 bridgehead atoms. The monoisotopic (exact) mass is 340 g/mol. The van der Waals surface area contributed by atoms with E-state index >= 15 is 0 Å². The summed E-state index contributed by atoms with van der Waals surface area (Å²) in [6.45, 7) is 0.969. The first-order valence-electron chi connectivity index (χ1n) is 9.19. The van der Waals surface area contributed by atoms with E-state index in [0.29, 0.717) is 37.9 Å². The molecule has 0 aromatic carbocycles. The highest BCUT2D eigenvalue weighted by atomic mass is 32.2. The van der Waals surface area contributed by atoms with Crippen LogP contribution in [-0.2, 0) is 14.8 Å². The number of nitrogens with one attached hydrogen (secondary N) is 1. The minimum atomic E-state index is -3.11. The van der Waals surface area contributed by atoms with Gasteiger partial charge >= 0.3 is 0 Å². The number of amides is 1. The van der Waals surface area contributed by atoms with Gasteiger partial charge in [0.1, 0.15) is 0 Å². The van der Waals surface area contributed by atoms with Crippen molar-refractivity contribution in [1.82, 2.24) is 9.62 Å². The molecule has 23 heavy (non-hydrogen) atoms. The quantitative estimate of drug-likeness (QED) is 0.848. The molecule has 0 aromatic rings. The number of fused-ring (bicyclic) bond motifs is 5. The topological polar surface area (TPSA) is 66.5 Å². The lowest BCUT2D eigenvalue weighted by molar-refractivity contribution is -0.127. The Morgan fingerprint density at radius 1 is 1.00 bits per heavy atom. The molecule has 4 fully saturated rings. The van der Waals surface area contributed by atoms with Gasteiger partial charge in [0.2, 0.25) is 15.9 Å². The van der Waals surface area contributed by atoms with Crippen molar-refractivity contribution in [3.63, 3.8) is 0 Å². The maximum atomic E-state index is 12.6. The Hall–Kier alpha value is -0.620. The van der Waals surface area contributed by atoms with E-state index in [1.807, 2.05) is 0 Å². The van der Waals surface area contributed by atoms with E-state index in [4.69, 9.17) is 0 Å². The molecule has 5 atom stereocenters. The number of piperidine rings is 1. The molecule has 1 heterocycles. The fraction of sp³-hybridized carbons (Fsp3) is 0.941. The first-order valence-corrected chi connectivity index (χ1v) is 11.0. The van der Waals surface area contributed by atoms with Crippen LogP contribution >= 0.6 is 0 Å². The van der Waals surface area contributed by atoms with E-state index in [0.717, 1.165) is 17.8 Å². The zero-order valence-corrected chi connectivity index (χ0v) is 14.7. The summed E-state index contributed by atoms with van der Waals surface area (Å²) in [5, 5.41) is 3.34. The Bertz CT molecular complexity index is 583. The highest BCUT2D eigenvalue weighted by molar-refractivity contribution is 7.88. The van der Waals surface area contributed by atoms with Crippen LogP contribution in [0.3, 0.4) is 0 Å². The number of carbonyl (C=O) groups is 1. The second-order valence-electron chi connectivity index (χ2n) is 8.21. The van der Waals surface area contributed by atoms with E-state index in [1.54, 1.807) is 0 Å². The smallest absolute Gasteiger partial charge is 0.223 e. The summed E-state index contributed by atoms with van der Waals surface area (Å²) in [6, 6.07) is 0.389. The van der Waals surface area contributed by atoms with Gasteiger partial charge in [-0.1, -0.05) is 6.42 Å². The van der Waals surface area contributed by atoms with Gasteiger partial charge in [-0.15, -0.1) is 0 Å². The molecule has 3 saturated carbocycles. The van der Waals surface area contributed by atoms with E-state index < -0.39 is 10.0 Å². The molecular weight excluding hydrogens is 312 g/mol. The van der Waals surface area contributed by atoms with Crippen LogP contribution in [-0.4, -0.2) is 44.0 Å². The van der Waals surface area contributed by atoms with Crippen molar-refractivity contribution in [2.45, 2.75) is 51.0 Å². The molecule has 4 rings (SSSR count). The lowest BCUT2D eigenvalue weighted by Gasteiger charge is -2.34. The highest BCUT2D eigenvalue weighted by Gasteiger charge is 2.54. The molecule has 1 aliphatic heterocycles. The molecule has 4 aliphatic rings. The number of rotatable bonds is 3. The second-order valence-corrected chi connectivity index (χ2v) is 10.2. The summed E-state index contributed by atoms with van der Waals surface area (Å²) in [4.78, 5) is 12.6. The van der Waals surface area contributed by atoms with Gasteiger partial charge < -0.3 is 5.32 Å². The molecule has 1 N–H and O–H groups in total. The largest absolute Gasteiger partial charge is 0.353 e. The Morgan fingerprint density at radius 3 is 2.39 bits per heavy atom. The Kier molecular flexibility index (Phi) is 3.95. The summed E-state index contributed by atoms with van der Waals surface area (Å²) in [5.74, 6) is 3.55. The van der Waals surface area contributed by atoms with Crippen molar-refractivity contribution >= 4 is 15.9 Å². The van der Waals surface area contributed by atoms with Crippen molar-refractivity contribution < 1.29 is 13.2 Å². The molecule has 6 heteroatoms. The number of hydrogen-bond donors (Lipinski definition) is 1. The fourth-order valence-corrected chi connectivity index (χ4v) is 6.86.